The molecular formula is C11H16N4O3. The van der Waals surface area contributed by atoms with Crippen molar-refractivity contribution in [1.29, 1.82) is 0 Å². The highest BCUT2D eigenvalue weighted by Crippen LogP contribution is 2.12. The highest BCUT2D eigenvalue weighted by molar-refractivity contribution is 5.93. The van der Waals surface area contributed by atoms with Crippen molar-refractivity contribution >= 4 is 11.6 Å². The van der Waals surface area contributed by atoms with E-state index >= 15 is 0 Å². The minimum Gasteiger partial charge on any atom is -0.351 e. The number of amides is 1. The van der Waals surface area contributed by atoms with Crippen LogP contribution >= 0.6 is 0 Å². The Morgan fingerprint density at radius 3 is 3.06 bits per heavy atom. The molecule has 1 aliphatic rings. The summed E-state index contributed by atoms with van der Waals surface area (Å²) in [5, 5.41) is 16.5. The van der Waals surface area contributed by atoms with Crippen LogP contribution in [-0.2, 0) is 0 Å². The third-order valence-corrected chi connectivity index (χ3v) is 3.07. The van der Waals surface area contributed by atoms with E-state index in [-0.39, 0.29) is 17.3 Å². The topological polar surface area (TPSA) is 100 Å². The molecule has 0 spiro atoms. The van der Waals surface area contributed by atoms with Gasteiger partial charge >= 0.3 is 0 Å². The van der Waals surface area contributed by atoms with Crippen molar-refractivity contribution in [2.24, 2.45) is 5.92 Å². The molecule has 1 atom stereocenters. The van der Waals surface area contributed by atoms with Crippen LogP contribution in [0.15, 0.2) is 12.3 Å². The first-order chi connectivity index (χ1) is 8.66. The lowest BCUT2D eigenvalue weighted by molar-refractivity contribution is -0.384. The monoisotopic (exact) mass is 252 g/mol. The standard InChI is InChI=1S/C11H16N4O3/c16-11(10-4-9(7-13-10)15(17)18)14-6-8-2-1-3-12-5-8/h4,7-8,12-13H,1-3,5-6H2,(H,14,16). The lowest BCUT2D eigenvalue weighted by Gasteiger charge is -2.22. The van der Waals surface area contributed by atoms with Gasteiger partial charge in [0.15, 0.2) is 0 Å². The van der Waals surface area contributed by atoms with E-state index in [2.05, 4.69) is 15.6 Å². The van der Waals surface area contributed by atoms with Gasteiger partial charge in [0.05, 0.1) is 11.1 Å². The van der Waals surface area contributed by atoms with Gasteiger partial charge in [-0.3, -0.25) is 14.9 Å². The number of carbonyl (C=O) groups is 1. The molecule has 1 unspecified atom stereocenters. The van der Waals surface area contributed by atoms with Crippen LogP contribution in [0.4, 0.5) is 5.69 Å². The lowest BCUT2D eigenvalue weighted by atomic mass is 10.00. The van der Waals surface area contributed by atoms with Crippen LogP contribution in [0.2, 0.25) is 0 Å². The van der Waals surface area contributed by atoms with Gasteiger partial charge in [-0.25, -0.2) is 0 Å². The molecule has 0 saturated carbocycles. The van der Waals surface area contributed by atoms with E-state index < -0.39 is 4.92 Å². The van der Waals surface area contributed by atoms with Crippen LogP contribution in [0, 0.1) is 16.0 Å². The number of hydrogen-bond donors (Lipinski definition) is 3. The molecule has 18 heavy (non-hydrogen) atoms. The molecule has 3 N–H and O–H groups in total. The molecule has 1 saturated heterocycles. The molecule has 0 aromatic carbocycles. The van der Waals surface area contributed by atoms with Crippen LogP contribution in [0.25, 0.3) is 0 Å². The van der Waals surface area contributed by atoms with Gasteiger partial charge < -0.3 is 15.6 Å². The number of aromatic nitrogens is 1. The van der Waals surface area contributed by atoms with E-state index in [0.29, 0.717) is 12.5 Å². The van der Waals surface area contributed by atoms with Crippen LogP contribution in [0.1, 0.15) is 23.3 Å². The lowest BCUT2D eigenvalue weighted by Crippen LogP contribution is -2.38. The fraction of sp³-hybridized carbons (Fsp3) is 0.545. The van der Waals surface area contributed by atoms with Gasteiger partial charge in [-0.15, -0.1) is 0 Å². The van der Waals surface area contributed by atoms with Crippen molar-refractivity contribution < 1.29 is 9.72 Å². The van der Waals surface area contributed by atoms with Gasteiger partial charge in [-0.1, -0.05) is 0 Å². The maximum absolute atomic E-state index is 11.7. The summed E-state index contributed by atoms with van der Waals surface area (Å²) in [6.07, 6.45) is 3.43. The van der Waals surface area contributed by atoms with Crippen molar-refractivity contribution in [1.82, 2.24) is 15.6 Å². The largest absolute Gasteiger partial charge is 0.351 e. The molecular weight excluding hydrogens is 236 g/mol. The second kappa shape index (κ2) is 5.63. The molecule has 7 heteroatoms. The average molecular weight is 252 g/mol. The molecule has 0 aliphatic carbocycles. The second-order valence-corrected chi connectivity index (χ2v) is 4.45. The van der Waals surface area contributed by atoms with Gasteiger partial charge in [0, 0.05) is 12.6 Å². The van der Waals surface area contributed by atoms with E-state index in [9.17, 15) is 14.9 Å². The predicted octanol–water partition coefficient (Wildman–Crippen LogP) is 0.652. The van der Waals surface area contributed by atoms with Crippen molar-refractivity contribution in [2.75, 3.05) is 19.6 Å². The number of nitro groups is 1. The normalized spacial score (nSPS) is 19.4. The smallest absolute Gasteiger partial charge is 0.287 e. The molecule has 1 amide bonds. The molecule has 1 aromatic heterocycles. The molecule has 1 aromatic rings. The third-order valence-electron chi connectivity index (χ3n) is 3.07. The van der Waals surface area contributed by atoms with Crippen molar-refractivity contribution in [3.63, 3.8) is 0 Å². The number of rotatable bonds is 4. The molecule has 1 fully saturated rings. The minimum absolute atomic E-state index is 0.0977. The first-order valence-electron chi connectivity index (χ1n) is 5.98. The van der Waals surface area contributed by atoms with E-state index in [4.69, 9.17) is 0 Å². The number of nitrogens with one attached hydrogen (secondary N) is 3. The van der Waals surface area contributed by atoms with Gasteiger partial charge in [-0.2, -0.15) is 0 Å². The molecule has 98 valence electrons. The van der Waals surface area contributed by atoms with Crippen molar-refractivity contribution in [3.8, 4) is 0 Å². The van der Waals surface area contributed by atoms with Crippen molar-refractivity contribution in [3.05, 3.63) is 28.1 Å². The zero-order valence-corrected chi connectivity index (χ0v) is 9.94. The van der Waals surface area contributed by atoms with E-state index in [1.165, 1.54) is 12.3 Å². The van der Waals surface area contributed by atoms with Gasteiger partial charge in [-0.05, 0) is 31.8 Å². The van der Waals surface area contributed by atoms with Gasteiger partial charge in [0.25, 0.3) is 11.6 Å². The Balaban J connectivity index is 1.84. The highest BCUT2D eigenvalue weighted by Gasteiger charge is 2.17. The Morgan fingerprint density at radius 1 is 1.61 bits per heavy atom. The van der Waals surface area contributed by atoms with Crippen LogP contribution in [0.3, 0.4) is 0 Å². The summed E-state index contributed by atoms with van der Waals surface area (Å²) >= 11 is 0. The summed E-state index contributed by atoms with van der Waals surface area (Å²) in [7, 11) is 0. The van der Waals surface area contributed by atoms with Crippen LogP contribution < -0.4 is 10.6 Å². The molecule has 1 aliphatic heterocycles. The fourth-order valence-corrected chi connectivity index (χ4v) is 2.05. The summed E-state index contributed by atoms with van der Waals surface area (Å²) in [5.74, 6) is 0.140. The van der Waals surface area contributed by atoms with E-state index in [0.717, 1.165) is 25.9 Å². The Morgan fingerprint density at radius 2 is 2.44 bits per heavy atom. The summed E-state index contributed by atoms with van der Waals surface area (Å²) in [4.78, 5) is 24.3. The number of aromatic amines is 1. The van der Waals surface area contributed by atoms with E-state index in [1.807, 2.05) is 0 Å². The summed E-state index contributed by atoms with van der Waals surface area (Å²) < 4.78 is 0. The SMILES string of the molecule is O=C(NCC1CCCNC1)c1cc([N+](=O)[O-])c[nH]1. The fourth-order valence-electron chi connectivity index (χ4n) is 2.05. The number of piperidine rings is 1. The van der Waals surface area contributed by atoms with Crippen LogP contribution in [0.5, 0.6) is 0 Å². The summed E-state index contributed by atoms with van der Waals surface area (Å²) in [6.45, 7) is 2.54. The molecule has 0 bridgehead atoms. The summed E-state index contributed by atoms with van der Waals surface area (Å²) in [5.41, 5.74) is 0.130. The number of H-pyrrole nitrogens is 1. The number of nitrogens with zero attached hydrogens (tertiary/aromatic N) is 1. The van der Waals surface area contributed by atoms with E-state index in [1.54, 1.807) is 0 Å². The van der Waals surface area contributed by atoms with Crippen LogP contribution in [-0.4, -0.2) is 35.4 Å². The molecule has 0 radical (unpaired) electrons. The Bertz CT molecular complexity index is 437. The predicted molar refractivity (Wildman–Crippen MR) is 65.4 cm³/mol. The zero-order chi connectivity index (χ0) is 13.0. The average Bonchev–Trinajstić information content (AvgIpc) is 2.87. The number of hydrogen-bond acceptors (Lipinski definition) is 4. The quantitative estimate of drug-likeness (QED) is 0.541. The Hall–Kier alpha value is -1.89. The third kappa shape index (κ3) is 3.07. The Kier molecular flexibility index (Phi) is 3.93. The second-order valence-electron chi connectivity index (χ2n) is 4.45. The molecule has 2 rings (SSSR count). The molecule has 2 heterocycles. The maximum Gasteiger partial charge on any atom is 0.287 e. The van der Waals surface area contributed by atoms with Gasteiger partial charge in [0.1, 0.15) is 5.69 Å². The zero-order valence-electron chi connectivity index (χ0n) is 9.94. The first-order valence-corrected chi connectivity index (χ1v) is 5.98. The maximum atomic E-state index is 11.7. The summed E-state index contributed by atoms with van der Waals surface area (Å²) in [6, 6.07) is 1.24. The van der Waals surface area contributed by atoms with Crippen molar-refractivity contribution in [2.45, 2.75) is 12.8 Å². The highest BCUT2D eigenvalue weighted by atomic mass is 16.6. The first kappa shape index (κ1) is 12.6. The number of carbonyl (C=O) groups excluding carboxylic acids is 1. The minimum atomic E-state index is -0.529. The molecule has 7 nitrogen and oxygen atoms in total. The Labute approximate surface area is 104 Å². The van der Waals surface area contributed by atoms with Gasteiger partial charge in [0.2, 0.25) is 0 Å².